The van der Waals surface area contributed by atoms with E-state index in [-0.39, 0.29) is 5.78 Å². The number of nitrogens with zero attached hydrogens (tertiary/aromatic N) is 2. The number of aryl methyl sites for hydroxylation is 1. The summed E-state index contributed by atoms with van der Waals surface area (Å²) >= 11 is 1.76. The Labute approximate surface area is 112 Å². The predicted molar refractivity (Wildman–Crippen MR) is 74.7 cm³/mol. The number of carbonyl (C=O) groups excluding carboxylic acids is 1. The van der Waals surface area contributed by atoms with Gasteiger partial charge in [0, 0.05) is 23.9 Å². The van der Waals surface area contributed by atoms with Crippen molar-refractivity contribution in [1.82, 2.24) is 4.98 Å². The second kappa shape index (κ2) is 5.00. The topological polar surface area (TPSA) is 33.2 Å². The van der Waals surface area contributed by atoms with Crippen LogP contribution in [0.15, 0.2) is 0 Å². The monoisotopic (exact) mass is 264 g/mol. The lowest BCUT2D eigenvalue weighted by atomic mass is 10.0. The van der Waals surface area contributed by atoms with Crippen LogP contribution in [-0.4, -0.2) is 23.4 Å². The number of unbranched alkanes of at least 4 members (excludes halogenated alkanes) is 1. The van der Waals surface area contributed by atoms with Crippen molar-refractivity contribution >= 4 is 22.3 Å². The first-order chi connectivity index (χ1) is 8.79. The number of hydrogen-bond donors (Lipinski definition) is 0. The van der Waals surface area contributed by atoms with Crippen molar-refractivity contribution in [3.63, 3.8) is 0 Å². The molecule has 1 heterocycles. The van der Waals surface area contributed by atoms with E-state index in [1.807, 2.05) is 0 Å². The lowest BCUT2D eigenvalue weighted by Crippen LogP contribution is -2.26. The van der Waals surface area contributed by atoms with Crippen molar-refractivity contribution in [3.05, 3.63) is 10.6 Å². The van der Waals surface area contributed by atoms with E-state index in [1.165, 1.54) is 30.6 Å². The lowest BCUT2D eigenvalue weighted by Gasteiger charge is -2.20. The zero-order valence-corrected chi connectivity index (χ0v) is 11.8. The first-order valence-corrected chi connectivity index (χ1v) is 7.90. The molecule has 0 bridgehead atoms. The molecule has 0 unspecified atom stereocenters. The molecule has 0 amide bonds. The molecule has 1 aromatic rings. The Kier molecular flexibility index (Phi) is 3.37. The van der Waals surface area contributed by atoms with E-state index >= 15 is 0 Å². The van der Waals surface area contributed by atoms with Crippen molar-refractivity contribution in [3.8, 4) is 0 Å². The maximum Gasteiger partial charge on any atom is 0.186 e. The summed E-state index contributed by atoms with van der Waals surface area (Å²) in [4.78, 5) is 20.2. The van der Waals surface area contributed by atoms with Gasteiger partial charge in [0.1, 0.15) is 5.69 Å². The van der Waals surface area contributed by atoms with E-state index in [4.69, 9.17) is 0 Å². The van der Waals surface area contributed by atoms with E-state index in [1.54, 1.807) is 11.3 Å². The first kappa shape index (κ1) is 12.2. The van der Waals surface area contributed by atoms with E-state index < -0.39 is 0 Å². The van der Waals surface area contributed by atoms with E-state index in [0.29, 0.717) is 12.5 Å². The fraction of sp³-hybridized carbons (Fsp3) is 0.714. The molecule has 2 aliphatic rings. The number of rotatable bonds is 5. The van der Waals surface area contributed by atoms with Crippen molar-refractivity contribution in [2.45, 2.75) is 57.9 Å². The molecular formula is C14H20N2OS. The SMILES string of the molecule is CCCCN(c1nc2c(s1)CCCC2=O)C1CC1. The number of hydrogen-bond acceptors (Lipinski definition) is 4. The largest absolute Gasteiger partial charge is 0.345 e. The first-order valence-electron chi connectivity index (χ1n) is 7.09. The molecule has 0 N–H and O–H groups in total. The van der Waals surface area contributed by atoms with Gasteiger partial charge < -0.3 is 4.90 Å². The minimum absolute atomic E-state index is 0.255. The van der Waals surface area contributed by atoms with E-state index in [2.05, 4.69) is 16.8 Å². The van der Waals surface area contributed by atoms with Crippen LogP contribution in [0.4, 0.5) is 5.13 Å². The quantitative estimate of drug-likeness (QED) is 0.817. The van der Waals surface area contributed by atoms with Crippen molar-refractivity contribution < 1.29 is 4.79 Å². The molecule has 1 saturated carbocycles. The summed E-state index contributed by atoms with van der Waals surface area (Å²) in [7, 11) is 0. The Morgan fingerprint density at radius 1 is 1.39 bits per heavy atom. The molecule has 0 aromatic carbocycles. The molecule has 0 atom stereocenters. The Balaban J connectivity index is 1.83. The third kappa shape index (κ3) is 2.30. The number of carbonyl (C=O) groups is 1. The molecule has 0 radical (unpaired) electrons. The Morgan fingerprint density at radius 2 is 2.22 bits per heavy atom. The molecule has 1 fully saturated rings. The number of fused-ring (bicyclic) bond motifs is 1. The third-order valence-corrected chi connectivity index (χ3v) is 4.90. The summed E-state index contributed by atoms with van der Waals surface area (Å²) in [5.41, 5.74) is 0.781. The van der Waals surface area contributed by atoms with Gasteiger partial charge in [0.15, 0.2) is 10.9 Å². The molecule has 1 aromatic heterocycles. The smallest absolute Gasteiger partial charge is 0.186 e. The van der Waals surface area contributed by atoms with Crippen LogP contribution in [0.1, 0.15) is 60.8 Å². The average molecular weight is 264 g/mol. The maximum atomic E-state index is 11.8. The molecular weight excluding hydrogens is 244 g/mol. The van der Waals surface area contributed by atoms with Crippen LogP contribution >= 0.6 is 11.3 Å². The highest BCUT2D eigenvalue weighted by molar-refractivity contribution is 7.16. The Morgan fingerprint density at radius 3 is 2.89 bits per heavy atom. The fourth-order valence-electron chi connectivity index (χ4n) is 2.53. The highest BCUT2D eigenvalue weighted by atomic mass is 32.1. The number of thiazole rings is 1. The minimum atomic E-state index is 0.255. The van der Waals surface area contributed by atoms with Gasteiger partial charge in [-0.25, -0.2) is 4.98 Å². The molecule has 18 heavy (non-hydrogen) atoms. The van der Waals surface area contributed by atoms with Gasteiger partial charge in [-0.2, -0.15) is 0 Å². The molecule has 3 rings (SSSR count). The summed E-state index contributed by atoms with van der Waals surface area (Å²) < 4.78 is 0. The summed E-state index contributed by atoms with van der Waals surface area (Å²) in [6.07, 6.45) is 7.76. The average Bonchev–Trinajstić information content (AvgIpc) is 3.09. The van der Waals surface area contributed by atoms with Gasteiger partial charge in [0.05, 0.1) is 0 Å². The highest BCUT2D eigenvalue weighted by Gasteiger charge is 2.32. The van der Waals surface area contributed by atoms with Gasteiger partial charge >= 0.3 is 0 Å². The standard InChI is InChI=1S/C14H20N2OS/c1-2-3-9-16(10-7-8-10)14-15-13-11(17)5-4-6-12(13)18-14/h10H,2-9H2,1H3. The van der Waals surface area contributed by atoms with Crippen LogP contribution in [-0.2, 0) is 6.42 Å². The number of Topliss-reactive ketones (excluding diaryl/α,β-unsaturated/α-hetero) is 1. The maximum absolute atomic E-state index is 11.8. The normalized spacial score (nSPS) is 18.8. The second-order valence-corrected chi connectivity index (χ2v) is 6.39. The van der Waals surface area contributed by atoms with Gasteiger partial charge in [-0.1, -0.05) is 13.3 Å². The minimum Gasteiger partial charge on any atom is -0.345 e. The van der Waals surface area contributed by atoms with Crippen LogP contribution in [0.2, 0.25) is 0 Å². The van der Waals surface area contributed by atoms with Crippen LogP contribution < -0.4 is 4.90 Å². The van der Waals surface area contributed by atoms with Gasteiger partial charge in [-0.15, -0.1) is 11.3 Å². The Hall–Kier alpha value is -0.900. The van der Waals surface area contributed by atoms with Crippen molar-refractivity contribution in [2.24, 2.45) is 0 Å². The van der Waals surface area contributed by atoms with Gasteiger partial charge in [-0.3, -0.25) is 4.79 Å². The summed E-state index contributed by atoms with van der Waals surface area (Å²) in [5.74, 6) is 0.255. The lowest BCUT2D eigenvalue weighted by molar-refractivity contribution is 0.0968. The fourth-order valence-corrected chi connectivity index (χ4v) is 3.74. The second-order valence-electron chi connectivity index (χ2n) is 5.32. The highest BCUT2D eigenvalue weighted by Crippen LogP contribution is 2.37. The van der Waals surface area contributed by atoms with Crippen molar-refractivity contribution in [2.75, 3.05) is 11.4 Å². The Bertz CT molecular complexity index is 451. The van der Waals surface area contributed by atoms with Gasteiger partial charge in [0.25, 0.3) is 0 Å². The summed E-state index contributed by atoms with van der Waals surface area (Å²) in [6.45, 7) is 3.32. The van der Waals surface area contributed by atoms with Crippen LogP contribution in [0.3, 0.4) is 0 Å². The summed E-state index contributed by atoms with van der Waals surface area (Å²) in [5, 5.41) is 1.10. The summed E-state index contributed by atoms with van der Waals surface area (Å²) in [6, 6.07) is 0.694. The molecule has 98 valence electrons. The van der Waals surface area contributed by atoms with Gasteiger partial charge in [0.2, 0.25) is 0 Å². The molecule has 3 nitrogen and oxygen atoms in total. The van der Waals surface area contributed by atoms with Crippen LogP contribution in [0.5, 0.6) is 0 Å². The van der Waals surface area contributed by atoms with Gasteiger partial charge in [-0.05, 0) is 32.1 Å². The number of anilines is 1. The van der Waals surface area contributed by atoms with Crippen LogP contribution in [0.25, 0.3) is 0 Å². The van der Waals surface area contributed by atoms with E-state index in [9.17, 15) is 4.79 Å². The van der Waals surface area contributed by atoms with E-state index in [0.717, 1.165) is 30.2 Å². The molecule has 0 saturated heterocycles. The molecule has 0 spiro atoms. The van der Waals surface area contributed by atoms with Crippen LogP contribution in [0, 0.1) is 0 Å². The van der Waals surface area contributed by atoms with Crippen molar-refractivity contribution in [1.29, 1.82) is 0 Å². The molecule has 4 heteroatoms. The third-order valence-electron chi connectivity index (χ3n) is 3.74. The number of aromatic nitrogens is 1. The molecule has 0 aliphatic heterocycles. The number of ketones is 1. The zero-order valence-electron chi connectivity index (χ0n) is 10.9. The predicted octanol–water partition coefficient (Wildman–Crippen LogP) is 3.43. The zero-order chi connectivity index (χ0) is 12.5. The molecule has 2 aliphatic carbocycles.